The molecule has 6 heteroatoms. The van der Waals surface area contributed by atoms with Gasteiger partial charge in [0, 0.05) is 24.1 Å². The highest BCUT2D eigenvalue weighted by Crippen LogP contribution is 2.30. The highest BCUT2D eigenvalue weighted by atomic mass is 35.5. The number of aromatic nitrogens is 1. The summed E-state index contributed by atoms with van der Waals surface area (Å²) in [6.07, 6.45) is 4.14. The van der Waals surface area contributed by atoms with Crippen molar-refractivity contribution in [3.05, 3.63) is 77.1 Å². The Balaban J connectivity index is 1.56. The smallest absolute Gasteiger partial charge is 0.259 e. The summed E-state index contributed by atoms with van der Waals surface area (Å²) in [6.45, 7) is 0.684. The van der Waals surface area contributed by atoms with Crippen LogP contribution in [0.2, 0.25) is 5.02 Å². The van der Waals surface area contributed by atoms with Crippen molar-refractivity contribution >= 4 is 34.6 Å². The molecule has 2 aromatic carbocycles. The molecule has 4 rings (SSSR count). The molecule has 0 unspecified atom stereocenters. The molecule has 2 heterocycles. The maximum atomic E-state index is 13.0. The van der Waals surface area contributed by atoms with E-state index in [0.717, 1.165) is 23.5 Å². The van der Waals surface area contributed by atoms with Gasteiger partial charge in [-0.05, 0) is 42.3 Å². The number of hydrogen-bond acceptors (Lipinski definition) is 4. The van der Waals surface area contributed by atoms with Gasteiger partial charge in [0.05, 0.1) is 29.6 Å². The van der Waals surface area contributed by atoms with E-state index in [-0.39, 0.29) is 5.91 Å². The number of amides is 1. The fourth-order valence-electron chi connectivity index (χ4n) is 3.24. The van der Waals surface area contributed by atoms with Crippen LogP contribution in [-0.4, -0.2) is 24.5 Å². The maximum Gasteiger partial charge on any atom is 0.259 e. The van der Waals surface area contributed by atoms with Crippen LogP contribution in [-0.2, 0) is 6.42 Å². The second-order valence-corrected chi connectivity index (χ2v) is 6.68. The number of rotatable bonds is 4. The fraction of sp³-hybridized carbons (Fsp3) is 0.143. The minimum Gasteiger partial charge on any atom is -0.495 e. The first-order chi connectivity index (χ1) is 13.2. The highest BCUT2D eigenvalue weighted by Gasteiger charge is 2.25. The third-order valence-electron chi connectivity index (χ3n) is 4.56. The molecule has 1 amide bonds. The summed E-state index contributed by atoms with van der Waals surface area (Å²) in [6, 6.07) is 15.2. The van der Waals surface area contributed by atoms with E-state index in [4.69, 9.17) is 16.3 Å². The molecule has 0 atom stereocenters. The van der Waals surface area contributed by atoms with Crippen LogP contribution in [0, 0.1) is 0 Å². The van der Waals surface area contributed by atoms with Crippen molar-refractivity contribution in [3.8, 4) is 5.75 Å². The Kier molecular flexibility index (Phi) is 4.69. The van der Waals surface area contributed by atoms with Gasteiger partial charge in [-0.15, -0.1) is 0 Å². The zero-order valence-corrected chi connectivity index (χ0v) is 15.5. The Labute approximate surface area is 162 Å². The molecule has 1 aromatic heterocycles. The van der Waals surface area contributed by atoms with Crippen molar-refractivity contribution in [3.63, 3.8) is 0 Å². The van der Waals surface area contributed by atoms with Crippen LogP contribution in [0.15, 0.2) is 60.9 Å². The van der Waals surface area contributed by atoms with Crippen molar-refractivity contribution < 1.29 is 9.53 Å². The van der Waals surface area contributed by atoms with Gasteiger partial charge in [0.1, 0.15) is 5.75 Å². The monoisotopic (exact) mass is 379 g/mol. The summed E-state index contributed by atoms with van der Waals surface area (Å²) >= 11 is 6.17. The summed E-state index contributed by atoms with van der Waals surface area (Å²) in [5, 5.41) is 3.74. The lowest BCUT2D eigenvalue weighted by molar-refractivity contribution is 0.0989. The predicted molar refractivity (Wildman–Crippen MR) is 107 cm³/mol. The first kappa shape index (κ1) is 17.4. The van der Waals surface area contributed by atoms with Crippen molar-refractivity contribution in [1.82, 2.24) is 4.98 Å². The Hall–Kier alpha value is -3.05. The molecule has 0 fully saturated rings. The molecule has 1 N–H and O–H groups in total. The zero-order chi connectivity index (χ0) is 18.8. The predicted octanol–water partition coefficient (Wildman–Crippen LogP) is 4.69. The number of nitrogens with zero attached hydrogens (tertiary/aromatic N) is 2. The van der Waals surface area contributed by atoms with Crippen LogP contribution in [0.4, 0.5) is 17.1 Å². The van der Waals surface area contributed by atoms with Crippen molar-refractivity contribution in [1.29, 1.82) is 0 Å². The zero-order valence-electron chi connectivity index (χ0n) is 14.8. The fourth-order valence-corrected chi connectivity index (χ4v) is 3.50. The lowest BCUT2D eigenvalue weighted by atomic mass is 10.2. The number of carbonyl (C=O) groups is 1. The number of nitrogens with one attached hydrogen (secondary N) is 1. The molecular formula is C21H18ClN3O2. The van der Waals surface area contributed by atoms with E-state index in [1.807, 2.05) is 24.3 Å². The molecule has 0 radical (unpaired) electrons. The Morgan fingerprint density at radius 2 is 2.00 bits per heavy atom. The van der Waals surface area contributed by atoms with Gasteiger partial charge in [-0.2, -0.15) is 0 Å². The first-order valence-corrected chi connectivity index (χ1v) is 8.99. The van der Waals surface area contributed by atoms with E-state index >= 15 is 0 Å². The number of pyridine rings is 1. The molecule has 136 valence electrons. The second-order valence-electron chi connectivity index (χ2n) is 6.27. The summed E-state index contributed by atoms with van der Waals surface area (Å²) < 4.78 is 5.16. The van der Waals surface area contributed by atoms with Gasteiger partial charge in [0.25, 0.3) is 5.91 Å². The maximum absolute atomic E-state index is 13.0. The minimum atomic E-state index is -0.0520. The Morgan fingerprint density at radius 1 is 1.15 bits per heavy atom. The third kappa shape index (κ3) is 3.46. The lowest BCUT2D eigenvalue weighted by Crippen LogP contribution is -2.29. The van der Waals surface area contributed by atoms with Crippen LogP contribution in [0.3, 0.4) is 0 Å². The molecule has 3 aromatic rings. The lowest BCUT2D eigenvalue weighted by Gasteiger charge is -2.17. The summed E-state index contributed by atoms with van der Waals surface area (Å²) in [5.74, 6) is 0.556. The molecule has 0 bridgehead atoms. The van der Waals surface area contributed by atoms with E-state index in [0.29, 0.717) is 22.9 Å². The first-order valence-electron chi connectivity index (χ1n) is 8.61. The normalized spacial score (nSPS) is 12.6. The quantitative estimate of drug-likeness (QED) is 0.714. The number of ether oxygens (including phenoxy) is 1. The van der Waals surface area contributed by atoms with Crippen LogP contribution in [0.5, 0.6) is 5.75 Å². The largest absolute Gasteiger partial charge is 0.495 e. The van der Waals surface area contributed by atoms with Crippen LogP contribution >= 0.6 is 11.6 Å². The van der Waals surface area contributed by atoms with E-state index in [9.17, 15) is 4.79 Å². The number of halogens is 1. The minimum absolute atomic E-state index is 0.0520. The number of methoxy groups -OCH3 is 1. The molecule has 0 saturated carbocycles. The van der Waals surface area contributed by atoms with Gasteiger partial charge in [-0.1, -0.05) is 29.8 Å². The van der Waals surface area contributed by atoms with Gasteiger partial charge in [0.2, 0.25) is 0 Å². The van der Waals surface area contributed by atoms with Gasteiger partial charge in [-0.3, -0.25) is 9.78 Å². The highest BCUT2D eigenvalue weighted by molar-refractivity contribution is 6.32. The summed E-state index contributed by atoms with van der Waals surface area (Å²) in [7, 11) is 1.57. The summed E-state index contributed by atoms with van der Waals surface area (Å²) in [4.78, 5) is 19.0. The Morgan fingerprint density at radius 3 is 2.81 bits per heavy atom. The van der Waals surface area contributed by atoms with E-state index in [2.05, 4.69) is 16.4 Å². The van der Waals surface area contributed by atoms with E-state index < -0.39 is 0 Å². The molecule has 0 aliphatic carbocycles. The van der Waals surface area contributed by atoms with Crippen LogP contribution in [0.1, 0.15) is 15.9 Å². The third-order valence-corrected chi connectivity index (χ3v) is 4.85. The molecule has 0 saturated heterocycles. The molecule has 1 aliphatic rings. The topological polar surface area (TPSA) is 54.5 Å². The van der Waals surface area contributed by atoms with Gasteiger partial charge < -0.3 is 15.0 Å². The Bertz CT molecular complexity index is 1010. The average molecular weight is 380 g/mol. The van der Waals surface area contributed by atoms with Gasteiger partial charge in [-0.25, -0.2) is 0 Å². The number of fused-ring (bicyclic) bond motifs is 1. The standard InChI is InChI=1S/C21H18ClN3O2/c1-27-20-7-6-16(11-18(20)22)24-17-10-15(12-23-13-17)21(26)25-9-8-14-4-2-3-5-19(14)25/h2-7,10-13,24H,8-9H2,1H3. The van der Waals surface area contributed by atoms with E-state index in [1.165, 1.54) is 5.56 Å². The SMILES string of the molecule is COc1ccc(Nc2cncc(C(=O)N3CCc4ccccc43)c2)cc1Cl. The molecular weight excluding hydrogens is 362 g/mol. The molecule has 5 nitrogen and oxygen atoms in total. The number of carbonyl (C=O) groups excluding carboxylic acids is 1. The number of hydrogen-bond donors (Lipinski definition) is 1. The summed E-state index contributed by atoms with van der Waals surface area (Å²) in [5.41, 5.74) is 4.22. The molecule has 0 spiro atoms. The molecule has 27 heavy (non-hydrogen) atoms. The van der Waals surface area contributed by atoms with Crippen LogP contribution in [0.25, 0.3) is 0 Å². The van der Waals surface area contributed by atoms with Crippen molar-refractivity contribution in [2.24, 2.45) is 0 Å². The van der Waals surface area contributed by atoms with Crippen LogP contribution < -0.4 is 15.0 Å². The second kappa shape index (κ2) is 7.29. The van der Waals surface area contributed by atoms with Gasteiger partial charge in [0.15, 0.2) is 0 Å². The van der Waals surface area contributed by atoms with E-state index in [1.54, 1.807) is 42.6 Å². The number of para-hydroxylation sites is 1. The van der Waals surface area contributed by atoms with Crippen molar-refractivity contribution in [2.45, 2.75) is 6.42 Å². The van der Waals surface area contributed by atoms with Crippen molar-refractivity contribution in [2.75, 3.05) is 23.9 Å². The van der Waals surface area contributed by atoms with Gasteiger partial charge >= 0.3 is 0 Å². The average Bonchev–Trinajstić information content (AvgIpc) is 3.12. The molecule has 1 aliphatic heterocycles. The number of benzene rings is 2. The number of anilines is 3.